The SMILES string of the molecule is Cc1[nH]ncc1CNc1ccc(C(F)(F)F)cc1Br. The molecular formula is C12H11BrF3N3. The molecule has 19 heavy (non-hydrogen) atoms. The van der Waals surface area contributed by atoms with E-state index in [1.54, 1.807) is 6.20 Å². The number of H-pyrrole nitrogens is 1. The molecule has 0 amide bonds. The van der Waals surface area contributed by atoms with Gasteiger partial charge in [0, 0.05) is 28.0 Å². The summed E-state index contributed by atoms with van der Waals surface area (Å²) in [4.78, 5) is 0. The maximum atomic E-state index is 12.5. The normalized spacial score (nSPS) is 11.6. The van der Waals surface area contributed by atoms with Crippen molar-refractivity contribution in [3.8, 4) is 0 Å². The van der Waals surface area contributed by atoms with Crippen molar-refractivity contribution in [1.29, 1.82) is 0 Å². The molecular weight excluding hydrogens is 323 g/mol. The van der Waals surface area contributed by atoms with Crippen LogP contribution in [0.15, 0.2) is 28.9 Å². The Bertz CT molecular complexity index is 578. The first-order valence-electron chi connectivity index (χ1n) is 5.47. The second kappa shape index (κ2) is 5.24. The fourth-order valence-electron chi connectivity index (χ4n) is 1.58. The highest BCUT2D eigenvalue weighted by atomic mass is 79.9. The number of hydrogen-bond donors (Lipinski definition) is 2. The number of nitrogens with one attached hydrogen (secondary N) is 2. The van der Waals surface area contributed by atoms with E-state index in [0.717, 1.165) is 23.4 Å². The zero-order valence-corrected chi connectivity index (χ0v) is 11.6. The molecule has 0 atom stereocenters. The Balaban J connectivity index is 2.12. The number of aromatic amines is 1. The van der Waals surface area contributed by atoms with Gasteiger partial charge < -0.3 is 5.32 Å². The van der Waals surface area contributed by atoms with Gasteiger partial charge in [-0.25, -0.2) is 0 Å². The van der Waals surface area contributed by atoms with Crippen molar-refractivity contribution in [2.75, 3.05) is 5.32 Å². The maximum Gasteiger partial charge on any atom is 0.416 e. The van der Waals surface area contributed by atoms with Crippen LogP contribution in [0.4, 0.5) is 18.9 Å². The van der Waals surface area contributed by atoms with Crippen LogP contribution in [0.3, 0.4) is 0 Å². The Morgan fingerprint density at radius 2 is 2.11 bits per heavy atom. The van der Waals surface area contributed by atoms with Crippen LogP contribution in [-0.2, 0) is 12.7 Å². The standard InChI is InChI=1S/C12H11BrF3N3/c1-7-8(6-18-19-7)5-17-11-3-2-9(4-10(11)13)12(14,15)16/h2-4,6,17H,5H2,1H3,(H,18,19). The average Bonchev–Trinajstić information content (AvgIpc) is 2.72. The lowest BCUT2D eigenvalue weighted by Crippen LogP contribution is -2.06. The van der Waals surface area contributed by atoms with Crippen LogP contribution < -0.4 is 5.32 Å². The van der Waals surface area contributed by atoms with Crippen LogP contribution >= 0.6 is 15.9 Å². The Hall–Kier alpha value is -1.50. The predicted octanol–water partition coefficient (Wildman–Crippen LogP) is 4.11. The van der Waals surface area contributed by atoms with Gasteiger partial charge in [-0.3, -0.25) is 5.10 Å². The van der Waals surface area contributed by atoms with Gasteiger partial charge in [-0.1, -0.05) is 0 Å². The Morgan fingerprint density at radius 3 is 2.63 bits per heavy atom. The first kappa shape index (κ1) is 13.9. The lowest BCUT2D eigenvalue weighted by Gasteiger charge is -2.11. The van der Waals surface area contributed by atoms with E-state index >= 15 is 0 Å². The zero-order chi connectivity index (χ0) is 14.0. The molecule has 0 spiro atoms. The summed E-state index contributed by atoms with van der Waals surface area (Å²) in [5, 5.41) is 9.74. The summed E-state index contributed by atoms with van der Waals surface area (Å²) in [7, 11) is 0. The molecule has 3 nitrogen and oxygen atoms in total. The number of alkyl halides is 3. The fourth-order valence-corrected chi connectivity index (χ4v) is 2.10. The molecule has 0 unspecified atom stereocenters. The zero-order valence-electron chi connectivity index (χ0n) is 9.98. The summed E-state index contributed by atoms with van der Waals surface area (Å²) >= 11 is 3.14. The lowest BCUT2D eigenvalue weighted by atomic mass is 10.2. The molecule has 0 aliphatic rings. The number of rotatable bonds is 3. The number of anilines is 1. The summed E-state index contributed by atoms with van der Waals surface area (Å²) in [6, 6.07) is 3.52. The molecule has 0 fully saturated rings. The van der Waals surface area contributed by atoms with Gasteiger partial charge in [0.2, 0.25) is 0 Å². The van der Waals surface area contributed by atoms with Crippen molar-refractivity contribution in [2.24, 2.45) is 0 Å². The Morgan fingerprint density at radius 1 is 1.37 bits per heavy atom. The number of hydrogen-bond acceptors (Lipinski definition) is 2. The van der Waals surface area contributed by atoms with Gasteiger partial charge in [0.25, 0.3) is 0 Å². The van der Waals surface area contributed by atoms with Crippen molar-refractivity contribution in [3.05, 3.63) is 45.7 Å². The summed E-state index contributed by atoms with van der Waals surface area (Å²) in [6.07, 6.45) is -2.65. The van der Waals surface area contributed by atoms with E-state index in [-0.39, 0.29) is 0 Å². The molecule has 1 heterocycles. The molecule has 0 aliphatic heterocycles. The van der Waals surface area contributed by atoms with Crippen LogP contribution in [0.5, 0.6) is 0 Å². The molecule has 0 aliphatic carbocycles. The monoisotopic (exact) mass is 333 g/mol. The minimum Gasteiger partial charge on any atom is -0.380 e. The highest BCUT2D eigenvalue weighted by molar-refractivity contribution is 9.10. The largest absolute Gasteiger partial charge is 0.416 e. The number of halogens is 4. The number of aromatic nitrogens is 2. The molecule has 102 valence electrons. The van der Waals surface area contributed by atoms with E-state index in [2.05, 4.69) is 31.4 Å². The first-order valence-corrected chi connectivity index (χ1v) is 6.26. The average molecular weight is 334 g/mol. The quantitative estimate of drug-likeness (QED) is 0.887. The van der Waals surface area contributed by atoms with E-state index in [4.69, 9.17) is 0 Å². The van der Waals surface area contributed by atoms with Gasteiger partial charge in [0.05, 0.1) is 11.8 Å². The number of benzene rings is 1. The molecule has 2 aromatic rings. The first-order chi connectivity index (χ1) is 8.88. The van der Waals surface area contributed by atoms with Crippen LogP contribution in [0, 0.1) is 6.92 Å². The second-order valence-electron chi connectivity index (χ2n) is 4.07. The third kappa shape index (κ3) is 3.28. The predicted molar refractivity (Wildman–Crippen MR) is 69.8 cm³/mol. The molecule has 7 heteroatoms. The maximum absolute atomic E-state index is 12.5. The fraction of sp³-hybridized carbons (Fsp3) is 0.250. The Kier molecular flexibility index (Phi) is 3.84. The summed E-state index contributed by atoms with van der Waals surface area (Å²) in [5.74, 6) is 0. The molecule has 2 rings (SSSR count). The number of nitrogens with zero attached hydrogens (tertiary/aromatic N) is 1. The van der Waals surface area contributed by atoms with Crippen LogP contribution in [-0.4, -0.2) is 10.2 Å². The minimum atomic E-state index is -4.33. The van der Waals surface area contributed by atoms with Crippen molar-refractivity contribution >= 4 is 21.6 Å². The van der Waals surface area contributed by atoms with E-state index in [1.165, 1.54) is 6.07 Å². The van der Waals surface area contributed by atoms with Gasteiger partial charge in [-0.15, -0.1) is 0 Å². The molecule has 2 N–H and O–H groups in total. The van der Waals surface area contributed by atoms with Crippen LogP contribution in [0.1, 0.15) is 16.8 Å². The molecule has 1 aromatic carbocycles. The van der Waals surface area contributed by atoms with Gasteiger partial charge in [0.15, 0.2) is 0 Å². The molecule has 0 bridgehead atoms. The second-order valence-corrected chi connectivity index (χ2v) is 4.92. The summed E-state index contributed by atoms with van der Waals surface area (Å²) in [6.45, 7) is 2.37. The highest BCUT2D eigenvalue weighted by Crippen LogP contribution is 2.34. The van der Waals surface area contributed by atoms with E-state index in [0.29, 0.717) is 16.7 Å². The smallest absolute Gasteiger partial charge is 0.380 e. The van der Waals surface area contributed by atoms with Gasteiger partial charge in [0.1, 0.15) is 0 Å². The molecule has 0 radical (unpaired) electrons. The van der Waals surface area contributed by atoms with Crippen LogP contribution in [0.2, 0.25) is 0 Å². The van der Waals surface area contributed by atoms with Crippen molar-refractivity contribution in [3.63, 3.8) is 0 Å². The third-order valence-corrected chi connectivity index (χ3v) is 3.36. The molecule has 1 aromatic heterocycles. The summed E-state index contributed by atoms with van der Waals surface area (Å²) < 4.78 is 37.9. The minimum absolute atomic E-state index is 0.378. The van der Waals surface area contributed by atoms with E-state index < -0.39 is 11.7 Å². The van der Waals surface area contributed by atoms with Gasteiger partial charge in [-0.05, 0) is 41.1 Å². The number of aryl methyl sites for hydroxylation is 1. The third-order valence-electron chi connectivity index (χ3n) is 2.70. The van der Waals surface area contributed by atoms with E-state index in [1.807, 2.05) is 6.92 Å². The van der Waals surface area contributed by atoms with Gasteiger partial charge in [-0.2, -0.15) is 18.3 Å². The van der Waals surface area contributed by atoms with Crippen molar-refractivity contribution in [2.45, 2.75) is 19.6 Å². The molecule has 0 saturated heterocycles. The summed E-state index contributed by atoms with van der Waals surface area (Å²) in [5.41, 5.74) is 1.82. The van der Waals surface area contributed by atoms with Crippen LogP contribution in [0.25, 0.3) is 0 Å². The Labute approximate surface area is 116 Å². The lowest BCUT2D eigenvalue weighted by molar-refractivity contribution is -0.137. The van der Waals surface area contributed by atoms with E-state index in [9.17, 15) is 13.2 Å². The van der Waals surface area contributed by atoms with Crippen molar-refractivity contribution < 1.29 is 13.2 Å². The topological polar surface area (TPSA) is 40.7 Å². The van der Waals surface area contributed by atoms with Gasteiger partial charge >= 0.3 is 6.18 Å². The highest BCUT2D eigenvalue weighted by Gasteiger charge is 2.30. The van der Waals surface area contributed by atoms with Crippen molar-refractivity contribution in [1.82, 2.24) is 10.2 Å². The molecule has 0 saturated carbocycles.